The van der Waals surface area contributed by atoms with Crippen LogP contribution in [0.2, 0.25) is 0 Å². The fraction of sp³-hybridized carbons (Fsp3) is 0.733. The topological polar surface area (TPSA) is 84.3 Å². The van der Waals surface area contributed by atoms with Gasteiger partial charge in [-0.1, -0.05) is 0 Å². The van der Waals surface area contributed by atoms with Crippen LogP contribution in [0.1, 0.15) is 44.0 Å². The molecule has 0 radical (unpaired) electrons. The van der Waals surface area contributed by atoms with E-state index >= 15 is 0 Å². The number of sulfonamides is 1. The van der Waals surface area contributed by atoms with Crippen molar-refractivity contribution < 1.29 is 13.2 Å². The molecule has 2 rings (SSSR count). The van der Waals surface area contributed by atoms with E-state index in [4.69, 9.17) is 0 Å². The van der Waals surface area contributed by atoms with Crippen molar-refractivity contribution in [2.24, 2.45) is 5.92 Å². The molecule has 0 bridgehead atoms. The van der Waals surface area contributed by atoms with E-state index < -0.39 is 10.0 Å². The third-order valence-corrected chi connectivity index (χ3v) is 5.73. The van der Waals surface area contributed by atoms with E-state index in [9.17, 15) is 13.2 Å². The van der Waals surface area contributed by atoms with E-state index in [1.807, 2.05) is 31.6 Å². The lowest BCUT2D eigenvalue weighted by Crippen LogP contribution is -2.43. The first-order chi connectivity index (χ1) is 10.7. The molecule has 1 fully saturated rings. The molecule has 0 spiro atoms. The number of carbonyl (C=O) groups excluding carboxylic acids is 1. The molecule has 1 atom stereocenters. The molecule has 1 saturated heterocycles. The van der Waals surface area contributed by atoms with Crippen LogP contribution in [0.25, 0.3) is 0 Å². The molecular formula is C15H26N4O3S. The summed E-state index contributed by atoms with van der Waals surface area (Å²) in [6.07, 6.45) is 4.31. The highest BCUT2D eigenvalue weighted by Crippen LogP contribution is 2.22. The Bertz CT molecular complexity index is 660. The highest BCUT2D eigenvalue weighted by molar-refractivity contribution is 7.88. The molecule has 0 aromatic carbocycles. The maximum atomic E-state index is 12.4. The smallest absolute Gasteiger partial charge is 0.223 e. The van der Waals surface area contributed by atoms with E-state index in [-0.39, 0.29) is 17.9 Å². The van der Waals surface area contributed by atoms with Crippen molar-refractivity contribution in [2.45, 2.75) is 46.2 Å². The summed E-state index contributed by atoms with van der Waals surface area (Å²) in [5, 5.41) is 7.44. The second-order valence-corrected chi connectivity index (χ2v) is 8.17. The molecule has 8 heteroatoms. The molecule has 2 heterocycles. The highest BCUT2D eigenvalue weighted by Gasteiger charge is 2.29. The predicted molar refractivity (Wildman–Crippen MR) is 88.3 cm³/mol. The number of hydrogen-bond donors (Lipinski definition) is 1. The largest absolute Gasteiger partial charge is 0.349 e. The van der Waals surface area contributed by atoms with Crippen molar-refractivity contribution >= 4 is 15.9 Å². The molecule has 1 N–H and O–H groups in total. The second kappa shape index (κ2) is 7.00. The van der Waals surface area contributed by atoms with Gasteiger partial charge >= 0.3 is 0 Å². The summed E-state index contributed by atoms with van der Waals surface area (Å²) < 4.78 is 26.3. The minimum atomic E-state index is -3.16. The van der Waals surface area contributed by atoms with Crippen molar-refractivity contribution in [3.8, 4) is 0 Å². The van der Waals surface area contributed by atoms with E-state index in [0.29, 0.717) is 25.9 Å². The molecule has 1 aliphatic rings. The van der Waals surface area contributed by atoms with Gasteiger partial charge in [0.25, 0.3) is 0 Å². The number of carbonyl (C=O) groups is 1. The number of rotatable bonds is 5. The van der Waals surface area contributed by atoms with E-state index in [2.05, 4.69) is 10.4 Å². The number of piperidine rings is 1. The van der Waals surface area contributed by atoms with Crippen LogP contribution in [-0.2, 0) is 21.4 Å². The summed E-state index contributed by atoms with van der Waals surface area (Å²) in [5.74, 6) is -0.133. The Morgan fingerprint density at radius 3 is 2.52 bits per heavy atom. The van der Waals surface area contributed by atoms with Crippen LogP contribution in [0.5, 0.6) is 0 Å². The highest BCUT2D eigenvalue weighted by atomic mass is 32.2. The average Bonchev–Trinajstić information content (AvgIpc) is 2.87. The molecule has 1 unspecified atom stereocenters. The number of aryl methyl sites for hydroxylation is 2. The summed E-state index contributed by atoms with van der Waals surface area (Å²) in [7, 11) is -3.16. The fourth-order valence-electron chi connectivity index (χ4n) is 2.98. The first-order valence-corrected chi connectivity index (χ1v) is 9.86. The van der Waals surface area contributed by atoms with Gasteiger partial charge in [0.2, 0.25) is 15.9 Å². The van der Waals surface area contributed by atoms with E-state index in [1.54, 1.807) is 0 Å². The Morgan fingerprint density at radius 2 is 2.04 bits per heavy atom. The van der Waals surface area contributed by atoms with Crippen LogP contribution < -0.4 is 5.32 Å². The second-order valence-electron chi connectivity index (χ2n) is 6.19. The Kier molecular flexibility index (Phi) is 5.46. The first-order valence-electron chi connectivity index (χ1n) is 8.01. The van der Waals surface area contributed by atoms with Crippen molar-refractivity contribution in [1.29, 1.82) is 0 Å². The molecular weight excluding hydrogens is 316 g/mol. The van der Waals surface area contributed by atoms with Gasteiger partial charge in [-0.15, -0.1) is 0 Å². The van der Waals surface area contributed by atoms with Crippen LogP contribution in [0.4, 0.5) is 0 Å². The maximum Gasteiger partial charge on any atom is 0.223 e. The third-order valence-electron chi connectivity index (χ3n) is 4.43. The summed E-state index contributed by atoms with van der Waals surface area (Å²) in [5.41, 5.74) is 1.94. The minimum Gasteiger partial charge on any atom is -0.349 e. The van der Waals surface area contributed by atoms with Crippen molar-refractivity contribution in [3.63, 3.8) is 0 Å². The molecule has 0 aliphatic carbocycles. The monoisotopic (exact) mass is 342 g/mol. The lowest BCUT2D eigenvalue weighted by atomic mass is 9.96. The normalized spacial score (nSPS) is 18.8. The molecule has 7 nitrogen and oxygen atoms in total. The van der Waals surface area contributed by atoms with Gasteiger partial charge in [0.05, 0.1) is 18.0 Å². The van der Waals surface area contributed by atoms with Gasteiger partial charge in [-0.2, -0.15) is 5.10 Å². The quantitative estimate of drug-likeness (QED) is 0.867. The standard InChI is InChI=1S/C15H26N4O3S/c1-5-18-10-14(12(3)17-18)11(2)16-15(20)13-6-8-19(9-7-13)23(4,21)22/h10-11,13H,5-9H2,1-4H3,(H,16,20). The fourth-order valence-corrected chi connectivity index (χ4v) is 3.85. The zero-order valence-electron chi connectivity index (χ0n) is 14.2. The Hall–Kier alpha value is -1.41. The average molecular weight is 342 g/mol. The van der Waals surface area contributed by atoms with Gasteiger partial charge in [-0.05, 0) is 33.6 Å². The van der Waals surface area contributed by atoms with Crippen LogP contribution in [0.3, 0.4) is 0 Å². The number of nitrogens with zero attached hydrogens (tertiary/aromatic N) is 3. The number of hydrogen-bond acceptors (Lipinski definition) is 4. The summed E-state index contributed by atoms with van der Waals surface area (Å²) in [4.78, 5) is 12.4. The lowest BCUT2D eigenvalue weighted by molar-refractivity contribution is -0.126. The zero-order chi connectivity index (χ0) is 17.2. The molecule has 0 saturated carbocycles. The third kappa shape index (κ3) is 4.32. The molecule has 23 heavy (non-hydrogen) atoms. The summed E-state index contributed by atoms with van der Waals surface area (Å²) in [6, 6.07) is -0.101. The predicted octanol–water partition coefficient (Wildman–Crippen LogP) is 1.06. The van der Waals surface area contributed by atoms with E-state index in [0.717, 1.165) is 17.8 Å². The van der Waals surface area contributed by atoms with Crippen LogP contribution in [-0.4, -0.2) is 47.8 Å². The molecule has 1 aliphatic heterocycles. The zero-order valence-corrected chi connectivity index (χ0v) is 15.1. The summed E-state index contributed by atoms with van der Waals surface area (Å²) in [6.45, 7) is 7.54. The Morgan fingerprint density at radius 1 is 1.43 bits per heavy atom. The number of amides is 1. The Labute approximate surface area is 138 Å². The molecule has 130 valence electrons. The lowest BCUT2D eigenvalue weighted by Gasteiger charge is -2.30. The summed E-state index contributed by atoms with van der Waals surface area (Å²) >= 11 is 0. The maximum absolute atomic E-state index is 12.4. The van der Waals surface area contributed by atoms with Gasteiger partial charge in [0.1, 0.15) is 0 Å². The van der Waals surface area contributed by atoms with Gasteiger partial charge in [-0.25, -0.2) is 12.7 Å². The van der Waals surface area contributed by atoms with Crippen LogP contribution >= 0.6 is 0 Å². The van der Waals surface area contributed by atoms with Crippen LogP contribution in [0.15, 0.2) is 6.20 Å². The van der Waals surface area contributed by atoms with Crippen molar-refractivity contribution in [2.75, 3.05) is 19.3 Å². The number of nitrogens with one attached hydrogen (secondary N) is 1. The Balaban J connectivity index is 1.93. The van der Waals surface area contributed by atoms with Gasteiger partial charge in [-0.3, -0.25) is 9.48 Å². The first kappa shape index (κ1) is 17.9. The minimum absolute atomic E-state index is 0.00528. The number of aromatic nitrogens is 2. The van der Waals surface area contributed by atoms with Crippen LogP contribution in [0, 0.1) is 12.8 Å². The van der Waals surface area contributed by atoms with Gasteiger partial charge in [0, 0.05) is 37.3 Å². The van der Waals surface area contributed by atoms with Crippen molar-refractivity contribution in [1.82, 2.24) is 19.4 Å². The van der Waals surface area contributed by atoms with E-state index in [1.165, 1.54) is 10.6 Å². The van der Waals surface area contributed by atoms with Gasteiger partial charge < -0.3 is 5.32 Å². The molecule has 1 amide bonds. The molecule has 1 aromatic rings. The van der Waals surface area contributed by atoms with Gasteiger partial charge in [0.15, 0.2) is 0 Å². The SMILES string of the molecule is CCn1cc(C(C)NC(=O)C2CCN(S(C)(=O)=O)CC2)c(C)n1. The van der Waals surface area contributed by atoms with Crippen molar-refractivity contribution in [3.05, 3.63) is 17.5 Å². The molecule has 1 aromatic heterocycles.